The summed E-state index contributed by atoms with van der Waals surface area (Å²) in [5.41, 5.74) is 0. The number of rotatable bonds is 1. The Morgan fingerprint density at radius 2 is 2.67 bits per heavy atom. The second kappa shape index (κ2) is 2.67. The second-order valence-electron chi connectivity index (χ2n) is 1.46. The number of amidine groups is 1. The van der Waals surface area contributed by atoms with Crippen molar-refractivity contribution >= 4 is 18.9 Å². The molecule has 0 saturated carbocycles. The highest BCUT2D eigenvalue weighted by Crippen LogP contribution is 2.03. The van der Waals surface area contributed by atoms with Crippen LogP contribution < -0.4 is 0 Å². The number of hydrogen-bond acceptors (Lipinski definition) is 5. The fourth-order valence-electron chi connectivity index (χ4n) is 0.569. The smallest absolute Gasteiger partial charge is 0.323 e. The minimum Gasteiger partial charge on any atom is -0.393 e. The summed E-state index contributed by atoms with van der Waals surface area (Å²) in [5, 5.41) is 3.72. The van der Waals surface area contributed by atoms with Gasteiger partial charge >= 0.3 is 6.02 Å². The number of nitrogens with zero attached hydrogens (tertiary/aromatic N) is 3. The number of hydrogen-bond donors (Lipinski definition) is 1. The van der Waals surface area contributed by atoms with Gasteiger partial charge in [-0.3, -0.25) is 0 Å². The molecule has 5 nitrogen and oxygen atoms in total. The van der Waals surface area contributed by atoms with Crippen LogP contribution in [0.4, 0.5) is 0 Å². The zero-order chi connectivity index (χ0) is 6.69. The van der Waals surface area contributed by atoms with E-state index in [0.29, 0.717) is 13.1 Å². The number of thiol groups is 1. The molecule has 0 atom stereocenters. The molecule has 0 aromatic rings. The van der Waals surface area contributed by atoms with Crippen molar-refractivity contribution in [2.75, 3.05) is 13.1 Å². The molecule has 1 aliphatic rings. The molecule has 0 bridgehead atoms. The molecule has 1 rings (SSSR count). The van der Waals surface area contributed by atoms with E-state index in [9.17, 15) is 4.91 Å². The average Bonchev–Trinajstić information content (AvgIpc) is 2.33. The van der Waals surface area contributed by atoms with Crippen molar-refractivity contribution < 1.29 is 4.18 Å². The molecule has 1 heterocycles. The summed E-state index contributed by atoms with van der Waals surface area (Å²) in [4.78, 5) is 13.6. The predicted molar refractivity (Wildman–Crippen MR) is 34.9 cm³/mol. The zero-order valence-electron chi connectivity index (χ0n) is 4.52. The highest BCUT2D eigenvalue weighted by atomic mass is 32.1. The van der Waals surface area contributed by atoms with Crippen LogP contribution in [0.3, 0.4) is 0 Å². The molecule has 50 valence electrons. The van der Waals surface area contributed by atoms with Crippen LogP contribution in [0.25, 0.3) is 0 Å². The predicted octanol–water partition coefficient (Wildman–Crippen LogP) is 0.201. The highest BCUT2D eigenvalue weighted by molar-refractivity contribution is 7.75. The summed E-state index contributed by atoms with van der Waals surface area (Å²) in [6, 6.07) is 0.174. The summed E-state index contributed by atoms with van der Waals surface area (Å²) < 4.78 is 4.39. The molecule has 0 aromatic heterocycles. The van der Waals surface area contributed by atoms with Crippen molar-refractivity contribution in [1.82, 2.24) is 5.01 Å². The SMILES string of the molecule is O=NN1CCN=C1OS. The molecule has 9 heavy (non-hydrogen) atoms. The molecule has 0 amide bonds. The van der Waals surface area contributed by atoms with Gasteiger partial charge in [0, 0.05) is 12.9 Å². The van der Waals surface area contributed by atoms with Gasteiger partial charge in [-0.2, -0.15) is 5.01 Å². The monoisotopic (exact) mass is 147 g/mol. The van der Waals surface area contributed by atoms with Crippen LogP contribution in [0.5, 0.6) is 0 Å². The van der Waals surface area contributed by atoms with Crippen LogP contribution in [0.2, 0.25) is 0 Å². The van der Waals surface area contributed by atoms with Crippen LogP contribution in [0, 0.1) is 4.91 Å². The Bertz CT molecular complexity index is 148. The van der Waals surface area contributed by atoms with Crippen molar-refractivity contribution in [3.8, 4) is 0 Å². The van der Waals surface area contributed by atoms with E-state index < -0.39 is 0 Å². The molecule has 0 N–H and O–H groups in total. The van der Waals surface area contributed by atoms with E-state index in [0.717, 1.165) is 5.01 Å². The summed E-state index contributed by atoms with van der Waals surface area (Å²) in [6.45, 7) is 1.03. The van der Waals surface area contributed by atoms with Gasteiger partial charge in [0.2, 0.25) is 0 Å². The van der Waals surface area contributed by atoms with E-state index in [-0.39, 0.29) is 6.02 Å². The van der Waals surface area contributed by atoms with Crippen LogP contribution in [0.15, 0.2) is 10.3 Å². The maximum atomic E-state index is 9.86. The summed E-state index contributed by atoms with van der Waals surface area (Å²) >= 11 is 3.46. The second-order valence-corrected chi connectivity index (χ2v) is 1.64. The summed E-state index contributed by atoms with van der Waals surface area (Å²) in [7, 11) is 0. The Morgan fingerprint density at radius 3 is 3.11 bits per heavy atom. The largest absolute Gasteiger partial charge is 0.393 e. The Morgan fingerprint density at radius 1 is 1.89 bits per heavy atom. The van der Waals surface area contributed by atoms with E-state index in [4.69, 9.17) is 0 Å². The maximum absolute atomic E-state index is 9.86. The molecule has 0 spiro atoms. The van der Waals surface area contributed by atoms with Gasteiger partial charge in [0.15, 0.2) is 0 Å². The third-order valence-electron chi connectivity index (χ3n) is 0.960. The van der Waals surface area contributed by atoms with E-state index in [1.165, 1.54) is 0 Å². The van der Waals surface area contributed by atoms with Crippen molar-refractivity contribution in [1.29, 1.82) is 0 Å². The molecular weight excluding hydrogens is 142 g/mol. The molecule has 1 aliphatic heterocycles. The highest BCUT2D eigenvalue weighted by Gasteiger charge is 2.17. The van der Waals surface area contributed by atoms with Gasteiger partial charge in [-0.15, -0.1) is 4.91 Å². The quantitative estimate of drug-likeness (QED) is 0.327. The van der Waals surface area contributed by atoms with Crippen molar-refractivity contribution in [3.05, 3.63) is 4.91 Å². The molecule has 0 radical (unpaired) electrons. The Labute approximate surface area is 57.3 Å². The van der Waals surface area contributed by atoms with Gasteiger partial charge < -0.3 is 4.18 Å². The molecular formula is C3H5N3O2S. The van der Waals surface area contributed by atoms with Crippen molar-refractivity contribution in [2.24, 2.45) is 10.3 Å². The maximum Gasteiger partial charge on any atom is 0.323 e. The zero-order valence-corrected chi connectivity index (χ0v) is 5.41. The van der Waals surface area contributed by atoms with Gasteiger partial charge in [-0.1, -0.05) is 0 Å². The topological polar surface area (TPSA) is 54.3 Å². The van der Waals surface area contributed by atoms with Crippen molar-refractivity contribution in [3.63, 3.8) is 0 Å². The molecule has 0 unspecified atom stereocenters. The lowest BCUT2D eigenvalue weighted by Gasteiger charge is -2.04. The molecule has 6 heteroatoms. The van der Waals surface area contributed by atoms with Gasteiger partial charge in [0.25, 0.3) is 0 Å². The van der Waals surface area contributed by atoms with Crippen LogP contribution in [-0.2, 0) is 4.18 Å². The first-order valence-electron chi connectivity index (χ1n) is 2.35. The van der Waals surface area contributed by atoms with Gasteiger partial charge in [0.05, 0.1) is 18.4 Å². The number of aliphatic imine (C=N–C) groups is 1. The third-order valence-corrected chi connectivity index (χ3v) is 1.12. The third kappa shape index (κ3) is 1.13. The molecule has 0 aromatic carbocycles. The summed E-state index contributed by atoms with van der Waals surface area (Å²) in [6.07, 6.45) is 0. The number of nitroso groups, excluding NO2 is 1. The minimum absolute atomic E-state index is 0.174. The van der Waals surface area contributed by atoms with Gasteiger partial charge in [-0.05, 0) is 0 Å². The van der Waals surface area contributed by atoms with Crippen LogP contribution >= 0.6 is 12.9 Å². The Balaban J connectivity index is 2.56. The van der Waals surface area contributed by atoms with E-state index >= 15 is 0 Å². The first kappa shape index (κ1) is 6.34. The van der Waals surface area contributed by atoms with Crippen LogP contribution in [-0.4, -0.2) is 24.1 Å². The standard InChI is InChI=1S/C3H5N3O2S/c7-5-6-2-1-4-3(6)8-9/h9H,1-2H2. The van der Waals surface area contributed by atoms with Gasteiger partial charge in [-0.25, -0.2) is 4.99 Å². The lowest BCUT2D eigenvalue weighted by Crippen LogP contribution is -2.20. The lowest BCUT2D eigenvalue weighted by atomic mass is 10.7. The normalized spacial score (nSPS) is 17.4. The van der Waals surface area contributed by atoms with E-state index in [1.807, 2.05) is 0 Å². The first-order valence-corrected chi connectivity index (χ1v) is 2.71. The molecule has 0 aliphatic carbocycles. The fraction of sp³-hybridized carbons (Fsp3) is 0.667. The minimum atomic E-state index is 0.174. The van der Waals surface area contributed by atoms with Gasteiger partial charge in [0.1, 0.15) is 0 Å². The van der Waals surface area contributed by atoms with E-state index in [1.54, 1.807) is 0 Å². The Hall–Kier alpha value is -0.780. The van der Waals surface area contributed by atoms with Crippen LogP contribution in [0.1, 0.15) is 0 Å². The fourth-order valence-corrected chi connectivity index (χ4v) is 0.721. The van der Waals surface area contributed by atoms with E-state index in [2.05, 4.69) is 27.4 Å². The summed E-state index contributed by atoms with van der Waals surface area (Å²) in [5.74, 6) is 0. The van der Waals surface area contributed by atoms with Crippen molar-refractivity contribution in [2.45, 2.75) is 0 Å². The first-order chi connectivity index (χ1) is 4.38. The molecule has 0 saturated heterocycles. The lowest BCUT2D eigenvalue weighted by molar-refractivity contribution is 0.410. The Kier molecular flexibility index (Phi) is 1.88. The average molecular weight is 147 g/mol. The molecule has 0 fully saturated rings.